The minimum atomic E-state index is -3.60. The van der Waals surface area contributed by atoms with Gasteiger partial charge in [-0.1, -0.05) is 50.2 Å². The standard InChI is InChI=1S/C27H26N2O5S/c1-4-29(5-2)35(32,33)21-16-14-20(15-17-21)28-27(31)23-13-9-12-22-24(30)18(3)25(34-26(22)23)19-10-7-6-8-11-19/h6-17H,4-5H2,1-3H3,(H,28,31). The molecular weight excluding hydrogens is 464 g/mol. The van der Waals surface area contributed by atoms with Crippen LogP contribution in [-0.2, 0) is 10.0 Å². The molecule has 0 aliphatic rings. The Morgan fingerprint density at radius 1 is 0.914 bits per heavy atom. The van der Waals surface area contributed by atoms with Crippen molar-refractivity contribution in [1.82, 2.24) is 4.31 Å². The molecule has 4 aromatic rings. The lowest BCUT2D eigenvalue weighted by molar-refractivity contribution is 0.102. The summed E-state index contributed by atoms with van der Waals surface area (Å²) in [7, 11) is -3.60. The molecule has 1 heterocycles. The van der Waals surface area contributed by atoms with Crippen LogP contribution in [0.25, 0.3) is 22.3 Å². The number of benzene rings is 3. The number of hydrogen-bond acceptors (Lipinski definition) is 5. The quantitative estimate of drug-likeness (QED) is 0.391. The van der Waals surface area contributed by atoms with Crippen molar-refractivity contribution in [1.29, 1.82) is 0 Å². The van der Waals surface area contributed by atoms with Gasteiger partial charge >= 0.3 is 0 Å². The van der Waals surface area contributed by atoms with Crippen LogP contribution in [0, 0.1) is 6.92 Å². The lowest BCUT2D eigenvalue weighted by Crippen LogP contribution is -2.30. The Bertz CT molecular complexity index is 1540. The predicted molar refractivity (Wildman–Crippen MR) is 137 cm³/mol. The van der Waals surface area contributed by atoms with Crippen LogP contribution in [0.4, 0.5) is 5.69 Å². The van der Waals surface area contributed by atoms with Gasteiger partial charge in [-0.3, -0.25) is 9.59 Å². The number of nitrogens with one attached hydrogen (secondary N) is 1. The Kier molecular flexibility index (Phi) is 6.86. The first-order chi connectivity index (χ1) is 16.8. The van der Waals surface area contributed by atoms with Crippen LogP contribution in [0.15, 0.2) is 86.9 Å². The Labute approximate surface area is 204 Å². The normalized spacial score (nSPS) is 11.7. The third-order valence-electron chi connectivity index (χ3n) is 5.88. The Hall–Kier alpha value is -3.75. The van der Waals surface area contributed by atoms with E-state index in [-0.39, 0.29) is 21.5 Å². The summed E-state index contributed by atoms with van der Waals surface area (Å²) in [6.45, 7) is 6.00. The Morgan fingerprint density at radius 3 is 2.20 bits per heavy atom. The molecule has 3 aromatic carbocycles. The second-order valence-corrected chi connectivity index (χ2v) is 9.94. The van der Waals surface area contributed by atoms with E-state index < -0.39 is 15.9 Å². The van der Waals surface area contributed by atoms with E-state index in [1.165, 1.54) is 28.6 Å². The van der Waals surface area contributed by atoms with Crippen molar-refractivity contribution < 1.29 is 17.6 Å². The fraction of sp³-hybridized carbons (Fsp3) is 0.185. The maximum Gasteiger partial charge on any atom is 0.259 e. The summed E-state index contributed by atoms with van der Waals surface area (Å²) in [6.07, 6.45) is 0. The summed E-state index contributed by atoms with van der Waals surface area (Å²) in [5.74, 6) is -0.0599. The zero-order valence-electron chi connectivity index (χ0n) is 19.7. The highest BCUT2D eigenvalue weighted by Crippen LogP contribution is 2.28. The summed E-state index contributed by atoms with van der Waals surface area (Å²) in [4.78, 5) is 26.3. The fourth-order valence-electron chi connectivity index (χ4n) is 3.97. The van der Waals surface area contributed by atoms with Crippen LogP contribution in [0.2, 0.25) is 0 Å². The van der Waals surface area contributed by atoms with Gasteiger partial charge in [0.1, 0.15) is 5.76 Å². The van der Waals surface area contributed by atoms with Gasteiger partial charge in [0.05, 0.1) is 15.8 Å². The first-order valence-electron chi connectivity index (χ1n) is 11.3. The molecule has 0 saturated heterocycles. The summed E-state index contributed by atoms with van der Waals surface area (Å²) in [6, 6.07) is 20.1. The largest absolute Gasteiger partial charge is 0.455 e. The summed E-state index contributed by atoms with van der Waals surface area (Å²) in [5, 5.41) is 3.09. The zero-order valence-corrected chi connectivity index (χ0v) is 20.6. The number of nitrogens with zero attached hydrogens (tertiary/aromatic N) is 1. The van der Waals surface area contributed by atoms with Gasteiger partial charge in [0.2, 0.25) is 10.0 Å². The van der Waals surface area contributed by atoms with Crippen molar-refractivity contribution in [3.63, 3.8) is 0 Å². The number of fused-ring (bicyclic) bond motifs is 1. The molecule has 1 N–H and O–H groups in total. The highest BCUT2D eigenvalue weighted by molar-refractivity contribution is 7.89. The van der Waals surface area contributed by atoms with Crippen molar-refractivity contribution in [2.24, 2.45) is 0 Å². The van der Waals surface area contributed by atoms with E-state index in [1.807, 2.05) is 30.3 Å². The molecule has 0 unspecified atom stereocenters. The third kappa shape index (κ3) is 4.62. The maximum absolute atomic E-state index is 13.2. The predicted octanol–water partition coefficient (Wildman–Crippen LogP) is 5.05. The fourth-order valence-corrected chi connectivity index (χ4v) is 5.43. The van der Waals surface area contributed by atoms with Gasteiger partial charge in [-0.2, -0.15) is 4.31 Å². The number of rotatable bonds is 7. The number of amides is 1. The smallest absolute Gasteiger partial charge is 0.259 e. The molecule has 1 aromatic heterocycles. The SMILES string of the molecule is CCN(CC)S(=O)(=O)c1ccc(NC(=O)c2cccc3c(=O)c(C)c(-c4ccccc4)oc23)cc1. The van der Waals surface area contributed by atoms with Crippen molar-refractivity contribution >= 4 is 32.6 Å². The highest BCUT2D eigenvalue weighted by atomic mass is 32.2. The first kappa shape index (κ1) is 24.4. The van der Waals surface area contributed by atoms with Gasteiger partial charge in [-0.15, -0.1) is 0 Å². The van der Waals surface area contributed by atoms with Crippen LogP contribution in [0.5, 0.6) is 0 Å². The van der Waals surface area contributed by atoms with E-state index in [0.717, 1.165) is 5.56 Å². The maximum atomic E-state index is 13.2. The van der Waals surface area contributed by atoms with Crippen LogP contribution < -0.4 is 10.7 Å². The minimum Gasteiger partial charge on any atom is -0.455 e. The van der Waals surface area contributed by atoms with E-state index in [1.54, 1.807) is 39.0 Å². The van der Waals surface area contributed by atoms with Crippen molar-refractivity contribution in [3.05, 3.63) is 94.1 Å². The molecule has 0 bridgehead atoms. The number of hydrogen-bond donors (Lipinski definition) is 1. The van der Waals surface area contributed by atoms with Crippen molar-refractivity contribution in [2.75, 3.05) is 18.4 Å². The molecule has 0 aliphatic heterocycles. The lowest BCUT2D eigenvalue weighted by atomic mass is 10.0. The summed E-state index contributed by atoms with van der Waals surface area (Å²) < 4.78 is 32.9. The second-order valence-electron chi connectivity index (χ2n) is 8.00. The molecule has 8 heteroatoms. The van der Waals surface area contributed by atoms with Gasteiger partial charge in [0, 0.05) is 29.9 Å². The number of para-hydroxylation sites is 1. The average molecular weight is 491 g/mol. The summed E-state index contributed by atoms with van der Waals surface area (Å²) in [5.41, 5.74) is 1.82. The second kappa shape index (κ2) is 9.85. The first-order valence-corrected chi connectivity index (χ1v) is 12.7. The lowest BCUT2D eigenvalue weighted by Gasteiger charge is -2.18. The van der Waals surface area contributed by atoms with Crippen molar-refractivity contribution in [3.8, 4) is 11.3 Å². The molecule has 35 heavy (non-hydrogen) atoms. The Balaban J connectivity index is 1.69. The van der Waals surface area contributed by atoms with Crippen LogP contribution in [-0.4, -0.2) is 31.7 Å². The van der Waals surface area contributed by atoms with E-state index in [4.69, 9.17) is 4.42 Å². The monoisotopic (exact) mass is 490 g/mol. The molecule has 0 fully saturated rings. The number of carbonyl (C=O) groups excluding carboxylic acids is 1. The van der Waals surface area contributed by atoms with E-state index in [0.29, 0.717) is 35.5 Å². The van der Waals surface area contributed by atoms with E-state index >= 15 is 0 Å². The molecule has 0 atom stereocenters. The summed E-state index contributed by atoms with van der Waals surface area (Å²) >= 11 is 0. The van der Waals surface area contributed by atoms with Gasteiger partial charge in [-0.25, -0.2) is 8.42 Å². The van der Waals surface area contributed by atoms with E-state index in [2.05, 4.69) is 5.32 Å². The molecule has 0 spiro atoms. The molecule has 0 saturated carbocycles. The molecule has 1 amide bonds. The van der Waals surface area contributed by atoms with Crippen LogP contribution in [0.1, 0.15) is 29.8 Å². The van der Waals surface area contributed by atoms with Crippen molar-refractivity contribution in [2.45, 2.75) is 25.7 Å². The Morgan fingerprint density at radius 2 is 1.57 bits per heavy atom. The van der Waals surface area contributed by atoms with Crippen LogP contribution in [0.3, 0.4) is 0 Å². The minimum absolute atomic E-state index is 0.151. The molecular formula is C27H26N2O5S. The van der Waals surface area contributed by atoms with Gasteiger partial charge in [-0.05, 0) is 43.3 Å². The average Bonchev–Trinajstić information content (AvgIpc) is 2.87. The zero-order chi connectivity index (χ0) is 25.2. The molecule has 180 valence electrons. The van der Waals surface area contributed by atoms with Gasteiger partial charge in [0.25, 0.3) is 5.91 Å². The molecule has 0 radical (unpaired) electrons. The molecule has 4 rings (SSSR count). The van der Waals surface area contributed by atoms with Gasteiger partial charge in [0.15, 0.2) is 11.0 Å². The topological polar surface area (TPSA) is 96.7 Å². The number of sulfonamides is 1. The number of anilines is 1. The third-order valence-corrected chi connectivity index (χ3v) is 7.95. The number of carbonyl (C=O) groups is 1. The highest BCUT2D eigenvalue weighted by Gasteiger charge is 2.22. The molecule has 7 nitrogen and oxygen atoms in total. The van der Waals surface area contributed by atoms with Crippen LogP contribution >= 0.6 is 0 Å². The van der Waals surface area contributed by atoms with E-state index in [9.17, 15) is 18.0 Å². The van der Waals surface area contributed by atoms with Gasteiger partial charge < -0.3 is 9.73 Å². The molecule has 0 aliphatic carbocycles.